The molecule has 2 N–H and O–H groups in total. The van der Waals surface area contributed by atoms with Crippen LogP contribution in [0, 0.1) is 6.92 Å². The van der Waals surface area contributed by atoms with E-state index >= 15 is 0 Å². The van der Waals surface area contributed by atoms with E-state index in [0.29, 0.717) is 17.1 Å². The van der Waals surface area contributed by atoms with Gasteiger partial charge in [-0.2, -0.15) is 0 Å². The first-order valence-electron chi connectivity index (χ1n) is 7.24. The highest BCUT2D eigenvalue weighted by Crippen LogP contribution is 2.26. The van der Waals surface area contributed by atoms with Crippen LogP contribution in [0.2, 0.25) is 0 Å². The number of carbonyl (C=O) groups excluding carboxylic acids is 1. The molecule has 0 atom stereocenters. The van der Waals surface area contributed by atoms with Crippen molar-refractivity contribution in [2.45, 2.75) is 6.92 Å². The molecule has 0 aliphatic rings. The predicted molar refractivity (Wildman–Crippen MR) is 90.5 cm³/mol. The lowest BCUT2D eigenvalue weighted by molar-refractivity contribution is 0.102. The summed E-state index contributed by atoms with van der Waals surface area (Å²) < 4.78 is 10.4. The number of nitrogens with one attached hydrogen (secondary N) is 2. The monoisotopic (exact) mass is 310 g/mol. The second-order valence-corrected chi connectivity index (χ2v) is 5.22. The Morgan fingerprint density at radius 1 is 1.04 bits per heavy atom. The number of aryl methyl sites for hydroxylation is 1. The second kappa shape index (κ2) is 6.04. The largest absolute Gasteiger partial charge is 0.497 e. The zero-order valence-electron chi connectivity index (χ0n) is 13.3. The maximum atomic E-state index is 12.5. The summed E-state index contributed by atoms with van der Waals surface area (Å²) in [4.78, 5) is 15.7. The highest BCUT2D eigenvalue weighted by molar-refractivity contribution is 6.08. The molecule has 5 heteroatoms. The maximum Gasteiger partial charge on any atom is 0.272 e. The number of aromatic amines is 1. The van der Waals surface area contributed by atoms with Gasteiger partial charge >= 0.3 is 0 Å². The van der Waals surface area contributed by atoms with E-state index in [1.165, 1.54) is 0 Å². The molecule has 0 aliphatic heterocycles. The average Bonchev–Trinajstić information content (AvgIpc) is 2.91. The number of methoxy groups -OCH3 is 2. The van der Waals surface area contributed by atoms with Gasteiger partial charge in [0.05, 0.1) is 14.2 Å². The van der Waals surface area contributed by atoms with Crippen LogP contribution in [-0.2, 0) is 0 Å². The van der Waals surface area contributed by atoms with Gasteiger partial charge in [-0.25, -0.2) is 0 Å². The van der Waals surface area contributed by atoms with Crippen LogP contribution in [0.25, 0.3) is 10.9 Å². The second-order valence-electron chi connectivity index (χ2n) is 5.22. The lowest BCUT2D eigenvalue weighted by Gasteiger charge is -2.06. The molecular formula is C18H18N2O3. The van der Waals surface area contributed by atoms with Gasteiger partial charge < -0.3 is 19.8 Å². The Morgan fingerprint density at radius 2 is 1.78 bits per heavy atom. The number of benzene rings is 2. The molecule has 0 spiro atoms. The molecule has 2 aromatic carbocycles. The van der Waals surface area contributed by atoms with Crippen molar-refractivity contribution in [1.29, 1.82) is 0 Å². The molecular weight excluding hydrogens is 292 g/mol. The molecule has 0 fully saturated rings. The van der Waals surface area contributed by atoms with Crippen molar-refractivity contribution >= 4 is 22.5 Å². The number of aromatic nitrogens is 1. The summed E-state index contributed by atoms with van der Waals surface area (Å²) in [5, 5.41) is 3.85. The Morgan fingerprint density at radius 3 is 2.52 bits per heavy atom. The number of hydrogen-bond acceptors (Lipinski definition) is 3. The van der Waals surface area contributed by atoms with Crippen LogP contribution in [0.1, 0.15) is 16.1 Å². The molecule has 1 aromatic heterocycles. The fourth-order valence-corrected chi connectivity index (χ4v) is 2.55. The van der Waals surface area contributed by atoms with E-state index in [4.69, 9.17) is 9.47 Å². The minimum atomic E-state index is -0.189. The Bertz CT molecular complexity index is 868. The van der Waals surface area contributed by atoms with Gasteiger partial charge in [0.1, 0.15) is 17.2 Å². The highest BCUT2D eigenvalue weighted by Gasteiger charge is 2.15. The molecule has 118 valence electrons. The molecule has 23 heavy (non-hydrogen) atoms. The number of rotatable bonds is 4. The highest BCUT2D eigenvalue weighted by atomic mass is 16.5. The summed E-state index contributed by atoms with van der Waals surface area (Å²) >= 11 is 0. The van der Waals surface area contributed by atoms with E-state index < -0.39 is 0 Å². The van der Waals surface area contributed by atoms with Crippen LogP contribution in [0.4, 0.5) is 5.69 Å². The van der Waals surface area contributed by atoms with Crippen LogP contribution < -0.4 is 14.8 Å². The van der Waals surface area contributed by atoms with Crippen molar-refractivity contribution in [3.05, 3.63) is 53.7 Å². The Balaban J connectivity index is 1.92. The van der Waals surface area contributed by atoms with Crippen molar-refractivity contribution in [1.82, 2.24) is 4.98 Å². The Labute approximate surface area is 134 Å². The maximum absolute atomic E-state index is 12.5. The van der Waals surface area contributed by atoms with Gasteiger partial charge in [-0.05, 0) is 42.8 Å². The van der Waals surface area contributed by atoms with E-state index in [2.05, 4.69) is 10.3 Å². The third kappa shape index (κ3) is 2.85. The summed E-state index contributed by atoms with van der Waals surface area (Å²) in [5.74, 6) is 1.27. The van der Waals surface area contributed by atoms with Crippen LogP contribution in [-0.4, -0.2) is 25.1 Å². The lowest BCUT2D eigenvalue weighted by atomic mass is 10.1. The standard InChI is InChI=1S/C18H18N2O3/c1-11-15-10-14(23-3)7-8-16(15)20-17(11)18(21)19-12-5-4-6-13(9-12)22-2/h4-10,20H,1-3H3,(H,19,21). The number of ether oxygens (including phenoxy) is 2. The fourth-order valence-electron chi connectivity index (χ4n) is 2.55. The molecule has 0 bridgehead atoms. The van der Waals surface area contributed by atoms with Crippen molar-refractivity contribution in [2.24, 2.45) is 0 Å². The number of fused-ring (bicyclic) bond motifs is 1. The van der Waals surface area contributed by atoms with Crippen molar-refractivity contribution in [3.8, 4) is 11.5 Å². The van der Waals surface area contributed by atoms with Crippen LogP contribution in [0.15, 0.2) is 42.5 Å². The van der Waals surface area contributed by atoms with Gasteiger partial charge in [-0.3, -0.25) is 4.79 Å². The third-order valence-electron chi connectivity index (χ3n) is 3.82. The van der Waals surface area contributed by atoms with E-state index in [1.54, 1.807) is 20.3 Å². The van der Waals surface area contributed by atoms with Crippen molar-refractivity contribution in [3.63, 3.8) is 0 Å². The zero-order valence-corrected chi connectivity index (χ0v) is 13.3. The number of amides is 1. The van der Waals surface area contributed by atoms with E-state index in [0.717, 1.165) is 22.2 Å². The number of H-pyrrole nitrogens is 1. The quantitative estimate of drug-likeness (QED) is 0.771. The minimum Gasteiger partial charge on any atom is -0.497 e. The van der Waals surface area contributed by atoms with Crippen molar-refractivity contribution in [2.75, 3.05) is 19.5 Å². The molecule has 0 unspecified atom stereocenters. The van der Waals surface area contributed by atoms with Crippen molar-refractivity contribution < 1.29 is 14.3 Å². The van der Waals surface area contributed by atoms with Gasteiger partial charge in [0.25, 0.3) is 5.91 Å². The molecule has 0 saturated heterocycles. The topological polar surface area (TPSA) is 63.3 Å². The van der Waals surface area contributed by atoms with E-state index in [-0.39, 0.29) is 5.91 Å². The summed E-state index contributed by atoms with van der Waals surface area (Å²) in [7, 11) is 3.22. The zero-order chi connectivity index (χ0) is 16.4. The fraction of sp³-hybridized carbons (Fsp3) is 0.167. The molecule has 5 nitrogen and oxygen atoms in total. The molecule has 0 radical (unpaired) electrons. The Kier molecular flexibility index (Phi) is 3.93. The molecule has 3 aromatic rings. The van der Waals surface area contributed by atoms with Gasteiger partial charge in [0.15, 0.2) is 0 Å². The Hall–Kier alpha value is -2.95. The first-order chi connectivity index (χ1) is 11.1. The van der Waals surface area contributed by atoms with Gasteiger partial charge in [-0.15, -0.1) is 0 Å². The summed E-state index contributed by atoms with van der Waals surface area (Å²) in [6.07, 6.45) is 0. The minimum absolute atomic E-state index is 0.189. The van der Waals surface area contributed by atoms with Crippen LogP contribution >= 0.6 is 0 Å². The molecule has 3 rings (SSSR count). The lowest BCUT2D eigenvalue weighted by Crippen LogP contribution is -2.13. The molecule has 0 aliphatic carbocycles. The van der Waals surface area contributed by atoms with Crippen LogP contribution in [0.3, 0.4) is 0 Å². The van der Waals surface area contributed by atoms with Gasteiger partial charge in [0.2, 0.25) is 0 Å². The average molecular weight is 310 g/mol. The van der Waals surface area contributed by atoms with Gasteiger partial charge in [-0.1, -0.05) is 6.07 Å². The van der Waals surface area contributed by atoms with Crippen LogP contribution in [0.5, 0.6) is 11.5 Å². The summed E-state index contributed by atoms with van der Waals surface area (Å²) in [6.45, 7) is 1.92. The number of hydrogen-bond donors (Lipinski definition) is 2. The molecule has 0 saturated carbocycles. The smallest absolute Gasteiger partial charge is 0.272 e. The number of carbonyl (C=O) groups is 1. The van der Waals surface area contributed by atoms with Gasteiger partial charge in [0, 0.05) is 22.7 Å². The molecule has 1 amide bonds. The van der Waals surface area contributed by atoms with E-state index in [9.17, 15) is 4.79 Å². The SMILES string of the molecule is COc1cccc(NC(=O)c2[nH]c3ccc(OC)cc3c2C)c1. The first-order valence-corrected chi connectivity index (χ1v) is 7.24. The summed E-state index contributed by atoms with van der Waals surface area (Å²) in [5.41, 5.74) is 3.01. The molecule has 1 heterocycles. The normalized spacial score (nSPS) is 10.6. The first kappa shape index (κ1) is 15.0. The summed E-state index contributed by atoms with van der Waals surface area (Å²) in [6, 6.07) is 12.9. The third-order valence-corrected chi connectivity index (χ3v) is 3.82. The van der Waals surface area contributed by atoms with E-state index in [1.807, 2.05) is 43.3 Å². The predicted octanol–water partition coefficient (Wildman–Crippen LogP) is 3.75. The number of anilines is 1.